The molecule has 1 amide bonds. The Kier molecular flexibility index (Phi) is 4.72. The van der Waals surface area contributed by atoms with Crippen molar-refractivity contribution in [3.63, 3.8) is 0 Å². The third kappa shape index (κ3) is 3.90. The first-order valence-electron chi connectivity index (χ1n) is 6.56. The average Bonchev–Trinajstić information content (AvgIpc) is 2.87. The molecule has 1 aromatic rings. The quantitative estimate of drug-likeness (QED) is 0.874. The molecule has 0 spiro atoms. The van der Waals surface area contributed by atoms with Crippen LogP contribution in [0, 0.1) is 5.92 Å². The van der Waals surface area contributed by atoms with Crippen LogP contribution < -0.4 is 10.1 Å². The van der Waals surface area contributed by atoms with Gasteiger partial charge in [0.2, 0.25) is 0 Å². The van der Waals surface area contributed by atoms with Crippen molar-refractivity contribution in [2.45, 2.75) is 31.9 Å². The molecule has 5 nitrogen and oxygen atoms in total. The van der Waals surface area contributed by atoms with Gasteiger partial charge in [0.15, 0.2) is 0 Å². The molecule has 1 fully saturated rings. The van der Waals surface area contributed by atoms with Gasteiger partial charge in [-0.05, 0) is 37.1 Å². The summed E-state index contributed by atoms with van der Waals surface area (Å²) in [7, 11) is 0. The fraction of sp³-hybridized carbons (Fsp3) is 0.429. The molecule has 0 radical (unpaired) electrons. The number of ether oxygens (including phenoxy) is 1. The molecular weight excluding hydrogens is 284 g/mol. The average molecular weight is 299 g/mol. The largest absolute Gasteiger partial charge is 0.481 e. The van der Waals surface area contributed by atoms with Gasteiger partial charge in [-0.2, -0.15) is 8.78 Å². The second-order valence-corrected chi connectivity index (χ2v) is 4.86. The molecule has 0 unspecified atom stereocenters. The predicted octanol–water partition coefficient (Wildman–Crippen LogP) is 2.27. The first kappa shape index (κ1) is 15.2. The van der Waals surface area contributed by atoms with Crippen LogP contribution in [0.25, 0.3) is 0 Å². The lowest BCUT2D eigenvalue weighted by Crippen LogP contribution is -2.40. The second kappa shape index (κ2) is 6.51. The topological polar surface area (TPSA) is 75.6 Å². The number of carbonyl (C=O) groups is 2. The Morgan fingerprint density at radius 3 is 2.48 bits per heavy atom. The third-order valence-electron chi connectivity index (χ3n) is 3.49. The molecule has 1 saturated carbocycles. The number of alkyl halides is 2. The molecule has 2 atom stereocenters. The summed E-state index contributed by atoms with van der Waals surface area (Å²) < 4.78 is 28.2. The summed E-state index contributed by atoms with van der Waals surface area (Å²) in [5.41, 5.74) is 0.271. The number of carboxylic acid groups (broad SMARTS) is 1. The van der Waals surface area contributed by atoms with Gasteiger partial charge in [-0.1, -0.05) is 6.42 Å². The number of aliphatic carboxylic acids is 1. The van der Waals surface area contributed by atoms with E-state index < -0.39 is 30.4 Å². The molecule has 0 aliphatic heterocycles. The van der Waals surface area contributed by atoms with E-state index in [0.29, 0.717) is 12.8 Å². The van der Waals surface area contributed by atoms with Crippen molar-refractivity contribution in [2.75, 3.05) is 0 Å². The predicted molar refractivity (Wildman–Crippen MR) is 69.3 cm³/mol. The van der Waals surface area contributed by atoms with Crippen LogP contribution in [-0.2, 0) is 4.79 Å². The van der Waals surface area contributed by atoms with Gasteiger partial charge in [0.25, 0.3) is 5.91 Å². The molecule has 0 aromatic heterocycles. The van der Waals surface area contributed by atoms with E-state index in [2.05, 4.69) is 10.1 Å². The zero-order valence-electron chi connectivity index (χ0n) is 11.1. The van der Waals surface area contributed by atoms with E-state index in [4.69, 9.17) is 5.11 Å². The van der Waals surface area contributed by atoms with E-state index in [0.717, 1.165) is 6.42 Å². The SMILES string of the molecule is O=C(N[C@H]1CCC[C@H]1C(=O)O)c1ccc(OC(F)F)cc1. The van der Waals surface area contributed by atoms with Crippen molar-refractivity contribution in [3.05, 3.63) is 29.8 Å². The minimum Gasteiger partial charge on any atom is -0.481 e. The van der Waals surface area contributed by atoms with Gasteiger partial charge >= 0.3 is 12.6 Å². The molecule has 2 N–H and O–H groups in total. The molecule has 114 valence electrons. The van der Waals surface area contributed by atoms with Crippen molar-refractivity contribution in [1.29, 1.82) is 0 Å². The van der Waals surface area contributed by atoms with E-state index in [-0.39, 0.29) is 11.3 Å². The van der Waals surface area contributed by atoms with Crippen molar-refractivity contribution in [2.24, 2.45) is 5.92 Å². The summed E-state index contributed by atoms with van der Waals surface area (Å²) in [6.45, 7) is -2.92. The molecule has 0 heterocycles. The summed E-state index contributed by atoms with van der Waals surface area (Å²) in [5, 5.41) is 11.7. The molecule has 0 saturated heterocycles. The Labute approximate surface area is 119 Å². The van der Waals surface area contributed by atoms with Crippen molar-refractivity contribution in [3.8, 4) is 5.75 Å². The van der Waals surface area contributed by atoms with E-state index in [1.165, 1.54) is 24.3 Å². The molecule has 2 rings (SSSR count). The first-order chi connectivity index (χ1) is 9.97. The fourth-order valence-electron chi connectivity index (χ4n) is 2.47. The van der Waals surface area contributed by atoms with Gasteiger partial charge in [0.05, 0.1) is 5.92 Å². The highest BCUT2D eigenvalue weighted by Crippen LogP contribution is 2.26. The summed E-state index contributed by atoms with van der Waals surface area (Å²) in [4.78, 5) is 23.0. The smallest absolute Gasteiger partial charge is 0.387 e. The Balaban J connectivity index is 1.98. The maximum atomic E-state index is 12.0. The van der Waals surface area contributed by atoms with Crippen molar-refractivity contribution in [1.82, 2.24) is 5.32 Å². The standard InChI is InChI=1S/C14H15F2NO4/c15-14(16)21-9-6-4-8(5-7-9)12(18)17-11-3-1-2-10(11)13(19)20/h4-7,10-11,14H,1-3H2,(H,17,18)(H,19,20)/t10-,11+/m1/s1. The number of hydrogen-bond acceptors (Lipinski definition) is 3. The molecule has 7 heteroatoms. The highest BCUT2D eigenvalue weighted by molar-refractivity contribution is 5.94. The van der Waals surface area contributed by atoms with Crippen LogP contribution in [0.5, 0.6) is 5.75 Å². The zero-order chi connectivity index (χ0) is 15.4. The fourth-order valence-corrected chi connectivity index (χ4v) is 2.47. The Hall–Kier alpha value is -2.18. The highest BCUT2D eigenvalue weighted by atomic mass is 19.3. The first-order valence-corrected chi connectivity index (χ1v) is 6.56. The molecular formula is C14H15F2NO4. The minimum absolute atomic E-state index is 0.0363. The number of nitrogens with one attached hydrogen (secondary N) is 1. The number of rotatable bonds is 5. The van der Waals surface area contributed by atoms with E-state index in [1.54, 1.807) is 0 Å². The van der Waals surface area contributed by atoms with Crippen LogP contribution in [-0.4, -0.2) is 29.6 Å². The molecule has 1 aliphatic rings. The van der Waals surface area contributed by atoms with Gasteiger partial charge in [-0.15, -0.1) is 0 Å². The Morgan fingerprint density at radius 2 is 1.90 bits per heavy atom. The summed E-state index contributed by atoms with van der Waals surface area (Å²) in [6, 6.07) is 4.86. The van der Waals surface area contributed by atoms with Gasteiger partial charge in [-0.25, -0.2) is 0 Å². The lowest BCUT2D eigenvalue weighted by Gasteiger charge is -2.17. The Bertz CT molecular complexity index is 518. The summed E-state index contributed by atoms with van der Waals surface area (Å²) in [6.07, 6.45) is 1.92. The molecule has 21 heavy (non-hydrogen) atoms. The lowest BCUT2D eigenvalue weighted by atomic mass is 10.0. The van der Waals surface area contributed by atoms with Gasteiger partial charge < -0.3 is 15.2 Å². The Morgan fingerprint density at radius 1 is 1.24 bits per heavy atom. The van der Waals surface area contributed by atoms with Gasteiger partial charge in [-0.3, -0.25) is 9.59 Å². The van der Waals surface area contributed by atoms with E-state index in [1.807, 2.05) is 0 Å². The lowest BCUT2D eigenvalue weighted by molar-refractivity contribution is -0.142. The number of halogens is 2. The van der Waals surface area contributed by atoms with Crippen LogP contribution in [0.1, 0.15) is 29.6 Å². The highest BCUT2D eigenvalue weighted by Gasteiger charge is 2.33. The van der Waals surface area contributed by atoms with Crippen LogP contribution in [0.3, 0.4) is 0 Å². The second-order valence-electron chi connectivity index (χ2n) is 4.86. The summed E-state index contributed by atoms with van der Waals surface area (Å²) >= 11 is 0. The van der Waals surface area contributed by atoms with Crippen molar-refractivity contribution >= 4 is 11.9 Å². The van der Waals surface area contributed by atoms with Gasteiger partial charge in [0, 0.05) is 11.6 Å². The summed E-state index contributed by atoms with van der Waals surface area (Å²) in [5.74, 6) is -1.95. The van der Waals surface area contributed by atoms with Crippen molar-refractivity contribution < 1.29 is 28.2 Å². The van der Waals surface area contributed by atoms with Crippen LogP contribution in [0.2, 0.25) is 0 Å². The monoisotopic (exact) mass is 299 g/mol. The van der Waals surface area contributed by atoms with Crippen LogP contribution in [0.15, 0.2) is 24.3 Å². The number of benzene rings is 1. The van der Waals surface area contributed by atoms with E-state index in [9.17, 15) is 18.4 Å². The maximum Gasteiger partial charge on any atom is 0.387 e. The minimum atomic E-state index is -2.92. The normalized spacial score (nSPS) is 21.3. The molecule has 0 bridgehead atoms. The third-order valence-corrected chi connectivity index (χ3v) is 3.49. The van der Waals surface area contributed by atoms with Gasteiger partial charge in [0.1, 0.15) is 5.75 Å². The zero-order valence-corrected chi connectivity index (χ0v) is 11.1. The molecule has 1 aromatic carbocycles. The van der Waals surface area contributed by atoms with E-state index >= 15 is 0 Å². The number of amides is 1. The molecule has 1 aliphatic carbocycles. The number of carboxylic acids is 1. The maximum absolute atomic E-state index is 12.0. The number of carbonyl (C=O) groups excluding carboxylic acids is 1. The van der Waals surface area contributed by atoms with Crippen LogP contribution in [0.4, 0.5) is 8.78 Å². The van der Waals surface area contributed by atoms with Crippen LogP contribution >= 0.6 is 0 Å². The number of hydrogen-bond donors (Lipinski definition) is 2.